The maximum absolute atomic E-state index is 11.3. The van der Waals surface area contributed by atoms with E-state index in [-0.39, 0.29) is 5.69 Å². The minimum absolute atomic E-state index is 0.339. The molecule has 0 aliphatic heterocycles. The highest BCUT2D eigenvalue weighted by atomic mass is 32.2. The second-order valence-corrected chi connectivity index (χ2v) is 5.03. The number of aromatic carboxylic acids is 1. The van der Waals surface area contributed by atoms with Crippen molar-refractivity contribution in [3.63, 3.8) is 0 Å². The number of anilines is 1. The van der Waals surface area contributed by atoms with Crippen LogP contribution >= 0.6 is 0 Å². The van der Waals surface area contributed by atoms with Gasteiger partial charge in [-0.1, -0.05) is 0 Å². The molecule has 0 saturated carbocycles. The fraction of sp³-hybridized carbons (Fsp3) is 0.111. The van der Waals surface area contributed by atoms with E-state index in [4.69, 9.17) is 10.4 Å². The minimum Gasteiger partial charge on any atom is -0.478 e. The monoisotopic (exact) mass is 285 g/mol. The number of nitrogens with one attached hydrogen (secondary N) is 1. The molecule has 0 atom stereocenters. The van der Waals surface area contributed by atoms with E-state index in [1.807, 2.05) is 4.72 Å². The van der Waals surface area contributed by atoms with Gasteiger partial charge in [0.25, 0.3) is 5.69 Å². The summed E-state index contributed by atoms with van der Waals surface area (Å²) in [5.41, 5.74) is -1.40. The van der Waals surface area contributed by atoms with Crippen molar-refractivity contribution < 1.29 is 23.2 Å². The molecule has 0 radical (unpaired) electrons. The number of benzene rings is 1. The number of rotatable bonds is 5. The lowest BCUT2D eigenvalue weighted by Crippen LogP contribution is -2.17. The van der Waals surface area contributed by atoms with Gasteiger partial charge < -0.3 is 5.11 Å². The summed E-state index contributed by atoms with van der Waals surface area (Å²) in [4.78, 5) is 20.6. The summed E-state index contributed by atoms with van der Waals surface area (Å²) < 4.78 is 24.5. The third-order valence-electron chi connectivity index (χ3n) is 1.96. The van der Waals surface area contributed by atoms with Crippen LogP contribution in [0.1, 0.15) is 10.4 Å². The predicted molar refractivity (Wildman–Crippen MR) is 63.1 cm³/mol. The first-order chi connectivity index (χ1) is 8.76. The van der Waals surface area contributed by atoms with Crippen molar-refractivity contribution in [2.75, 3.05) is 10.5 Å². The highest BCUT2D eigenvalue weighted by Gasteiger charge is 2.19. The average Bonchev–Trinajstić information content (AvgIpc) is 2.27. The molecule has 0 bridgehead atoms. The quantitative estimate of drug-likeness (QED) is 0.592. The molecule has 100 valence electrons. The molecule has 0 aliphatic rings. The van der Waals surface area contributed by atoms with Crippen LogP contribution in [-0.4, -0.2) is 30.2 Å². The molecule has 0 unspecified atom stereocenters. The number of hydrogen-bond donors (Lipinski definition) is 2. The zero-order chi connectivity index (χ0) is 14.6. The van der Waals surface area contributed by atoms with Crippen LogP contribution in [0.15, 0.2) is 18.2 Å². The van der Waals surface area contributed by atoms with Gasteiger partial charge in [-0.2, -0.15) is 5.26 Å². The van der Waals surface area contributed by atoms with Gasteiger partial charge >= 0.3 is 5.97 Å². The van der Waals surface area contributed by atoms with Gasteiger partial charge in [-0.3, -0.25) is 14.8 Å². The summed E-state index contributed by atoms with van der Waals surface area (Å²) >= 11 is 0. The largest absolute Gasteiger partial charge is 0.478 e. The number of carboxylic acid groups (broad SMARTS) is 1. The van der Waals surface area contributed by atoms with Crippen molar-refractivity contribution in [1.29, 1.82) is 5.26 Å². The second kappa shape index (κ2) is 5.32. The molecule has 0 fully saturated rings. The standard InChI is InChI=1S/C9H7N3O6S/c10-3-4-19(17,18)11-8-2-1-6(12(15)16)5-7(8)9(13)14/h1-2,5,11H,4H2,(H,13,14). The summed E-state index contributed by atoms with van der Waals surface area (Å²) in [5, 5.41) is 27.7. The first-order valence-corrected chi connectivity index (χ1v) is 6.31. The fourth-order valence-electron chi connectivity index (χ4n) is 1.20. The molecular weight excluding hydrogens is 278 g/mol. The Morgan fingerprint density at radius 2 is 2.16 bits per heavy atom. The van der Waals surface area contributed by atoms with E-state index in [1.54, 1.807) is 0 Å². The van der Waals surface area contributed by atoms with Crippen molar-refractivity contribution in [3.8, 4) is 6.07 Å². The Morgan fingerprint density at radius 1 is 1.53 bits per heavy atom. The lowest BCUT2D eigenvalue weighted by Gasteiger charge is -2.08. The second-order valence-electron chi connectivity index (χ2n) is 3.31. The highest BCUT2D eigenvalue weighted by molar-refractivity contribution is 7.92. The zero-order valence-electron chi connectivity index (χ0n) is 9.23. The van der Waals surface area contributed by atoms with Crippen LogP contribution in [0.3, 0.4) is 0 Å². The number of nitro groups is 1. The van der Waals surface area contributed by atoms with Gasteiger partial charge in [0.15, 0.2) is 5.75 Å². The van der Waals surface area contributed by atoms with Crippen molar-refractivity contribution in [1.82, 2.24) is 0 Å². The third kappa shape index (κ3) is 3.65. The van der Waals surface area contributed by atoms with Crippen LogP contribution in [0.4, 0.5) is 11.4 Å². The molecule has 2 N–H and O–H groups in total. The normalized spacial score (nSPS) is 10.5. The third-order valence-corrected chi connectivity index (χ3v) is 3.00. The van der Waals surface area contributed by atoms with Gasteiger partial charge in [-0.15, -0.1) is 0 Å². The van der Waals surface area contributed by atoms with E-state index < -0.39 is 37.9 Å². The maximum Gasteiger partial charge on any atom is 0.338 e. The molecule has 0 heterocycles. The van der Waals surface area contributed by atoms with Crippen LogP contribution in [0.5, 0.6) is 0 Å². The number of carbonyl (C=O) groups is 1. The highest BCUT2D eigenvalue weighted by Crippen LogP contribution is 2.23. The molecule has 1 rings (SSSR count). The lowest BCUT2D eigenvalue weighted by molar-refractivity contribution is -0.384. The first-order valence-electron chi connectivity index (χ1n) is 4.66. The Morgan fingerprint density at radius 3 is 2.63 bits per heavy atom. The van der Waals surface area contributed by atoms with Crippen molar-refractivity contribution >= 4 is 27.4 Å². The van der Waals surface area contributed by atoms with Gasteiger partial charge in [0.2, 0.25) is 10.0 Å². The molecule has 1 aromatic carbocycles. The number of nitro benzene ring substituents is 1. The summed E-state index contributed by atoms with van der Waals surface area (Å²) in [6, 6.07) is 4.04. The summed E-state index contributed by atoms with van der Waals surface area (Å²) in [7, 11) is -4.02. The van der Waals surface area contributed by atoms with E-state index in [1.165, 1.54) is 6.07 Å². The van der Waals surface area contributed by atoms with Gasteiger partial charge in [-0.05, 0) is 6.07 Å². The number of nitrogens with zero attached hydrogens (tertiary/aromatic N) is 2. The van der Waals surface area contributed by atoms with Crippen LogP contribution in [0.25, 0.3) is 0 Å². The van der Waals surface area contributed by atoms with Gasteiger partial charge in [-0.25, -0.2) is 13.2 Å². The molecule has 0 aromatic heterocycles. The molecule has 10 heteroatoms. The Hall–Kier alpha value is -2.67. The molecule has 0 aliphatic carbocycles. The SMILES string of the molecule is N#CCS(=O)(=O)Nc1ccc([N+](=O)[O-])cc1C(=O)O. The van der Waals surface area contributed by atoms with Crippen molar-refractivity contribution in [2.45, 2.75) is 0 Å². The molecular formula is C9H7N3O6S. The predicted octanol–water partition coefficient (Wildman–Crippen LogP) is 0.558. The van der Waals surface area contributed by atoms with Crippen LogP contribution in [0, 0.1) is 21.4 Å². The van der Waals surface area contributed by atoms with Crippen molar-refractivity contribution in [2.24, 2.45) is 0 Å². The van der Waals surface area contributed by atoms with Gasteiger partial charge in [0.05, 0.1) is 22.2 Å². The topological polar surface area (TPSA) is 150 Å². The van der Waals surface area contributed by atoms with E-state index in [0.717, 1.165) is 18.2 Å². The Kier molecular flexibility index (Phi) is 4.03. The first kappa shape index (κ1) is 14.4. The number of nitriles is 1. The molecule has 9 nitrogen and oxygen atoms in total. The van der Waals surface area contributed by atoms with Crippen molar-refractivity contribution in [3.05, 3.63) is 33.9 Å². The van der Waals surface area contributed by atoms with Gasteiger partial charge in [0, 0.05) is 12.1 Å². The Bertz CT molecular complexity index is 676. The molecule has 0 amide bonds. The fourth-order valence-corrected chi connectivity index (χ4v) is 1.96. The molecule has 0 spiro atoms. The maximum atomic E-state index is 11.3. The van der Waals surface area contributed by atoms with E-state index >= 15 is 0 Å². The molecule has 1 aromatic rings. The lowest BCUT2D eigenvalue weighted by atomic mass is 10.1. The summed E-state index contributed by atoms with van der Waals surface area (Å²) in [6.45, 7) is 0. The Balaban J connectivity index is 3.26. The smallest absolute Gasteiger partial charge is 0.338 e. The van der Waals surface area contributed by atoms with E-state index in [0.29, 0.717) is 0 Å². The molecule has 0 saturated heterocycles. The van der Waals surface area contributed by atoms with Gasteiger partial charge in [0.1, 0.15) is 0 Å². The van der Waals surface area contributed by atoms with Crippen LogP contribution in [-0.2, 0) is 10.0 Å². The Labute approximate surface area is 107 Å². The molecule has 19 heavy (non-hydrogen) atoms. The zero-order valence-corrected chi connectivity index (χ0v) is 10.0. The van der Waals surface area contributed by atoms with E-state index in [9.17, 15) is 23.3 Å². The van der Waals surface area contributed by atoms with Crippen LogP contribution in [0.2, 0.25) is 0 Å². The average molecular weight is 285 g/mol. The summed E-state index contributed by atoms with van der Waals surface area (Å²) in [6.07, 6.45) is 0. The van der Waals surface area contributed by atoms with Crippen LogP contribution < -0.4 is 4.72 Å². The number of sulfonamides is 1. The number of hydrogen-bond acceptors (Lipinski definition) is 6. The van der Waals surface area contributed by atoms with E-state index in [2.05, 4.69) is 0 Å². The minimum atomic E-state index is -4.02. The number of carboxylic acids is 1. The number of non-ortho nitro benzene ring substituents is 1. The summed E-state index contributed by atoms with van der Waals surface area (Å²) in [5.74, 6) is -2.39.